The Kier molecular flexibility index (Phi) is 4.34. The van der Waals surface area contributed by atoms with E-state index in [-0.39, 0.29) is 5.60 Å². The van der Waals surface area contributed by atoms with Crippen LogP contribution >= 0.6 is 0 Å². The summed E-state index contributed by atoms with van der Waals surface area (Å²) in [4.78, 5) is 12.6. The lowest BCUT2D eigenvalue weighted by Crippen LogP contribution is -2.33. The minimum atomic E-state index is -0.466. The first-order valence-electron chi connectivity index (χ1n) is 8.79. The summed E-state index contributed by atoms with van der Waals surface area (Å²) >= 11 is 0. The van der Waals surface area contributed by atoms with E-state index in [2.05, 4.69) is 13.8 Å². The van der Waals surface area contributed by atoms with Crippen LogP contribution in [0, 0.1) is 20.8 Å². The van der Waals surface area contributed by atoms with Crippen molar-refractivity contribution in [3.05, 3.63) is 46.0 Å². The van der Waals surface area contributed by atoms with Crippen molar-refractivity contribution in [2.75, 3.05) is 11.5 Å². The molecule has 0 bridgehead atoms. The Morgan fingerprint density at radius 3 is 2.27 bits per heavy atom. The van der Waals surface area contributed by atoms with Crippen molar-refractivity contribution >= 4 is 17.3 Å². The van der Waals surface area contributed by atoms with E-state index in [4.69, 9.17) is 20.9 Å². The first-order valence-corrected chi connectivity index (χ1v) is 8.79. The van der Waals surface area contributed by atoms with Crippen LogP contribution in [0.1, 0.15) is 52.9 Å². The summed E-state index contributed by atoms with van der Waals surface area (Å²) in [6, 6.07) is 4.75. The number of rotatable bonds is 2. The van der Waals surface area contributed by atoms with Crippen molar-refractivity contribution in [1.82, 2.24) is 0 Å². The van der Waals surface area contributed by atoms with Crippen molar-refractivity contribution in [1.29, 1.82) is 0 Å². The van der Waals surface area contributed by atoms with Crippen molar-refractivity contribution in [2.24, 2.45) is 0 Å². The average Bonchev–Trinajstić information content (AvgIpc) is 2.55. The molecule has 1 heterocycles. The molecule has 138 valence electrons. The SMILES string of the molecule is Cc1c(C)c2c(c(C)c1OC(=O)c1cc(N)cc(N)c1)CCC(C)(C)O2. The number of ether oxygens (including phenoxy) is 2. The summed E-state index contributed by atoms with van der Waals surface area (Å²) < 4.78 is 12.0. The van der Waals surface area contributed by atoms with Crippen LogP contribution in [0.5, 0.6) is 11.5 Å². The molecule has 3 rings (SSSR count). The maximum atomic E-state index is 12.6. The van der Waals surface area contributed by atoms with Crippen LogP contribution in [0.3, 0.4) is 0 Å². The highest BCUT2D eigenvalue weighted by molar-refractivity contribution is 5.93. The third-order valence-electron chi connectivity index (χ3n) is 5.07. The van der Waals surface area contributed by atoms with Gasteiger partial charge in [-0.2, -0.15) is 0 Å². The maximum absolute atomic E-state index is 12.6. The lowest BCUT2D eigenvalue weighted by Gasteiger charge is -2.35. The summed E-state index contributed by atoms with van der Waals surface area (Å²) in [6.07, 6.45) is 1.81. The predicted octanol–water partition coefficient (Wildman–Crippen LogP) is 4.10. The molecule has 2 aromatic rings. The number of esters is 1. The normalized spacial score (nSPS) is 15.1. The second-order valence-corrected chi connectivity index (χ2v) is 7.65. The Hall–Kier alpha value is -2.69. The molecule has 0 spiro atoms. The van der Waals surface area contributed by atoms with Gasteiger partial charge in [0.15, 0.2) is 0 Å². The molecule has 0 radical (unpaired) electrons. The van der Waals surface area contributed by atoms with Crippen molar-refractivity contribution < 1.29 is 14.3 Å². The first kappa shape index (κ1) is 18.1. The highest BCUT2D eigenvalue weighted by atomic mass is 16.5. The van der Waals surface area contributed by atoms with Gasteiger partial charge < -0.3 is 20.9 Å². The fourth-order valence-electron chi connectivity index (χ4n) is 3.45. The van der Waals surface area contributed by atoms with Crippen LogP contribution in [0.2, 0.25) is 0 Å². The molecule has 0 amide bonds. The number of carbonyl (C=O) groups is 1. The molecule has 5 nitrogen and oxygen atoms in total. The molecule has 0 atom stereocenters. The molecule has 26 heavy (non-hydrogen) atoms. The summed E-state index contributed by atoms with van der Waals surface area (Å²) in [5.41, 5.74) is 16.6. The van der Waals surface area contributed by atoms with Gasteiger partial charge in [0.05, 0.1) is 5.56 Å². The van der Waals surface area contributed by atoms with E-state index in [0.717, 1.165) is 40.8 Å². The molecule has 0 saturated heterocycles. The van der Waals surface area contributed by atoms with Gasteiger partial charge in [0.2, 0.25) is 0 Å². The molecular formula is C21H26N2O3. The lowest BCUT2D eigenvalue weighted by molar-refractivity contribution is 0.0722. The number of hydrogen-bond donors (Lipinski definition) is 2. The quantitative estimate of drug-likeness (QED) is 0.482. The standard InChI is InChI=1S/C21H26N2O3/c1-11-12(2)19-17(6-7-21(4,5)26-19)13(3)18(11)25-20(24)14-8-15(22)10-16(23)9-14/h8-10H,6-7,22-23H2,1-5H3. The van der Waals surface area contributed by atoms with Gasteiger partial charge in [0.25, 0.3) is 0 Å². The number of nitrogen functional groups attached to an aromatic ring is 2. The van der Waals surface area contributed by atoms with Crippen LogP contribution in [0.15, 0.2) is 18.2 Å². The van der Waals surface area contributed by atoms with Gasteiger partial charge in [0, 0.05) is 16.9 Å². The van der Waals surface area contributed by atoms with Gasteiger partial charge in [-0.1, -0.05) is 0 Å². The number of anilines is 2. The van der Waals surface area contributed by atoms with Crippen molar-refractivity contribution in [3.63, 3.8) is 0 Å². The largest absolute Gasteiger partial charge is 0.487 e. The van der Waals surface area contributed by atoms with E-state index in [9.17, 15) is 4.79 Å². The summed E-state index contributed by atoms with van der Waals surface area (Å²) in [5, 5.41) is 0. The Morgan fingerprint density at radius 1 is 1.04 bits per heavy atom. The van der Waals surface area contributed by atoms with E-state index in [0.29, 0.717) is 22.7 Å². The number of carbonyl (C=O) groups excluding carboxylic acids is 1. The fraction of sp³-hybridized carbons (Fsp3) is 0.381. The molecule has 0 aliphatic carbocycles. The molecule has 0 aromatic heterocycles. The molecule has 5 heteroatoms. The van der Waals surface area contributed by atoms with Gasteiger partial charge in [-0.05, 0) is 82.3 Å². The fourth-order valence-corrected chi connectivity index (χ4v) is 3.45. The van der Waals surface area contributed by atoms with Gasteiger partial charge >= 0.3 is 5.97 Å². The monoisotopic (exact) mass is 354 g/mol. The highest BCUT2D eigenvalue weighted by Crippen LogP contribution is 2.43. The second kappa shape index (κ2) is 6.24. The van der Waals surface area contributed by atoms with Crippen LogP contribution in [0.25, 0.3) is 0 Å². The zero-order valence-electron chi connectivity index (χ0n) is 16.0. The summed E-state index contributed by atoms with van der Waals surface area (Å²) in [6.45, 7) is 10.1. The molecule has 1 aliphatic heterocycles. The first-order chi connectivity index (χ1) is 12.1. The van der Waals surface area contributed by atoms with E-state index in [1.165, 1.54) is 0 Å². The average molecular weight is 354 g/mol. The lowest BCUT2D eigenvalue weighted by atomic mass is 9.88. The van der Waals surface area contributed by atoms with Gasteiger partial charge in [-0.15, -0.1) is 0 Å². The Balaban J connectivity index is 2.01. The Morgan fingerprint density at radius 2 is 1.65 bits per heavy atom. The van der Waals surface area contributed by atoms with Gasteiger partial charge in [0.1, 0.15) is 17.1 Å². The van der Waals surface area contributed by atoms with Crippen molar-refractivity contribution in [3.8, 4) is 11.5 Å². The molecule has 1 aliphatic rings. The van der Waals surface area contributed by atoms with Crippen LogP contribution in [0.4, 0.5) is 11.4 Å². The highest BCUT2D eigenvalue weighted by Gasteiger charge is 2.31. The minimum Gasteiger partial charge on any atom is -0.487 e. The third kappa shape index (κ3) is 3.21. The maximum Gasteiger partial charge on any atom is 0.343 e. The zero-order valence-corrected chi connectivity index (χ0v) is 16.0. The van der Waals surface area contributed by atoms with Crippen molar-refractivity contribution in [2.45, 2.75) is 53.1 Å². The van der Waals surface area contributed by atoms with E-state index in [1.807, 2.05) is 20.8 Å². The molecular weight excluding hydrogens is 328 g/mol. The molecule has 2 aromatic carbocycles. The summed E-state index contributed by atoms with van der Waals surface area (Å²) in [7, 11) is 0. The summed E-state index contributed by atoms with van der Waals surface area (Å²) in [5.74, 6) is 1.05. The topological polar surface area (TPSA) is 87.6 Å². The molecule has 0 saturated carbocycles. The van der Waals surface area contributed by atoms with E-state index < -0.39 is 5.97 Å². The zero-order chi connectivity index (χ0) is 19.2. The van der Waals surface area contributed by atoms with E-state index >= 15 is 0 Å². The van der Waals surface area contributed by atoms with Crippen LogP contribution < -0.4 is 20.9 Å². The second-order valence-electron chi connectivity index (χ2n) is 7.65. The number of hydrogen-bond acceptors (Lipinski definition) is 5. The number of nitrogens with two attached hydrogens (primary N) is 2. The number of fused-ring (bicyclic) bond motifs is 1. The van der Waals surface area contributed by atoms with Crippen LogP contribution in [-0.2, 0) is 6.42 Å². The molecule has 4 N–H and O–H groups in total. The minimum absolute atomic E-state index is 0.187. The third-order valence-corrected chi connectivity index (χ3v) is 5.07. The Bertz CT molecular complexity index is 881. The predicted molar refractivity (Wildman–Crippen MR) is 104 cm³/mol. The van der Waals surface area contributed by atoms with Crippen LogP contribution in [-0.4, -0.2) is 11.6 Å². The number of benzene rings is 2. The molecule has 0 unspecified atom stereocenters. The van der Waals surface area contributed by atoms with Gasteiger partial charge in [-0.25, -0.2) is 4.79 Å². The smallest absolute Gasteiger partial charge is 0.343 e. The van der Waals surface area contributed by atoms with Gasteiger partial charge in [-0.3, -0.25) is 0 Å². The molecule has 0 fully saturated rings. The Labute approximate surface area is 154 Å². The van der Waals surface area contributed by atoms with E-state index in [1.54, 1.807) is 18.2 Å².